The number of rotatable bonds is 2. The molecule has 0 saturated carbocycles. The quantitative estimate of drug-likeness (QED) is 0.737. The average molecular weight is 325 g/mol. The second kappa shape index (κ2) is 5.62. The zero-order chi connectivity index (χ0) is 15.8. The predicted octanol–water partition coefficient (Wildman–Crippen LogP) is 2.92. The fourth-order valence-corrected chi connectivity index (χ4v) is 4.17. The van der Waals surface area contributed by atoms with Crippen molar-refractivity contribution in [2.75, 3.05) is 0 Å². The van der Waals surface area contributed by atoms with Gasteiger partial charge in [0, 0.05) is 4.88 Å². The number of hydrogen-bond acceptors (Lipinski definition) is 5. The third kappa shape index (κ3) is 2.55. The molecule has 0 fully saturated rings. The van der Waals surface area contributed by atoms with Crippen LogP contribution in [0.25, 0.3) is 10.2 Å². The Morgan fingerprint density at radius 1 is 1.30 bits per heavy atom. The number of aryl methyl sites for hydroxylation is 2. The van der Waals surface area contributed by atoms with Crippen molar-refractivity contribution in [2.24, 2.45) is 5.10 Å². The molecule has 116 valence electrons. The van der Waals surface area contributed by atoms with Crippen LogP contribution in [0.2, 0.25) is 0 Å². The largest absolute Gasteiger partial charge is 0.508 e. The molecule has 0 atom stereocenters. The highest BCUT2D eigenvalue weighted by Crippen LogP contribution is 2.33. The Hall–Kier alpha value is -2.47. The maximum atomic E-state index is 12.7. The Bertz CT molecular complexity index is 972. The van der Waals surface area contributed by atoms with Gasteiger partial charge in [-0.1, -0.05) is 12.1 Å². The highest BCUT2D eigenvalue weighted by molar-refractivity contribution is 7.18. The Morgan fingerprint density at radius 2 is 2.17 bits per heavy atom. The minimum absolute atomic E-state index is 0.120. The van der Waals surface area contributed by atoms with Crippen molar-refractivity contribution in [1.82, 2.24) is 9.66 Å². The first-order valence-electron chi connectivity index (χ1n) is 7.57. The van der Waals surface area contributed by atoms with E-state index in [-0.39, 0.29) is 11.3 Å². The maximum absolute atomic E-state index is 12.7. The number of benzene rings is 1. The van der Waals surface area contributed by atoms with Gasteiger partial charge in [-0.25, -0.2) is 4.98 Å². The molecular weight excluding hydrogens is 310 g/mol. The first-order valence-corrected chi connectivity index (χ1v) is 8.39. The van der Waals surface area contributed by atoms with Gasteiger partial charge in [-0.2, -0.15) is 9.78 Å². The highest BCUT2D eigenvalue weighted by atomic mass is 32.1. The number of fused-ring (bicyclic) bond motifs is 3. The van der Waals surface area contributed by atoms with Gasteiger partial charge >= 0.3 is 0 Å². The normalized spacial score (nSPS) is 14.4. The fraction of sp³-hybridized carbons (Fsp3) is 0.235. The predicted molar refractivity (Wildman–Crippen MR) is 91.6 cm³/mol. The molecule has 4 rings (SSSR count). The van der Waals surface area contributed by atoms with E-state index in [1.807, 2.05) is 6.07 Å². The topological polar surface area (TPSA) is 67.5 Å². The second-order valence-corrected chi connectivity index (χ2v) is 6.71. The fourth-order valence-electron chi connectivity index (χ4n) is 2.95. The molecule has 2 aromatic heterocycles. The summed E-state index contributed by atoms with van der Waals surface area (Å²) in [5.74, 6) is 0.168. The third-order valence-electron chi connectivity index (χ3n) is 4.06. The lowest BCUT2D eigenvalue weighted by Crippen LogP contribution is -2.18. The molecule has 0 amide bonds. The second-order valence-electron chi connectivity index (χ2n) is 5.62. The summed E-state index contributed by atoms with van der Waals surface area (Å²) in [5, 5.41) is 14.4. The van der Waals surface area contributed by atoms with E-state index in [0.29, 0.717) is 0 Å². The van der Waals surface area contributed by atoms with Crippen LogP contribution in [0.5, 0.6) is 5.75 Å². The molecule has 1 aromatic carbocycles. The molecule has 23 heavy (non-hydrogen) atoms. The van der Waals surface area contributed by atoms with Gasteiger partial charge in [0.05, 0.1) is 11.6 Å². The van der Waals surface area contributed by atoms with Crippen LogP contribution in [0.3, 0.4) is 0 Å². The summed E-state index contributed by atoms with van der Waals surface area (Å²) in [6, 6.07) is 6.73. The van der Waals surface area contributed by atoms with Crippen LogP contribution < -0.4 is 5.56 Å². The zero-order valence-corrected chi connectivity index (χ0v) is 13.2. The average Bonchev–Trinajstić information content (AvgIpc) is 2.93. The lowest BCUT2D eigenvalue weighted by Gasteiger charge is -2.09. The van der Waals surface area contributed by atoms with Crippen LogP contribution in [0, 0.1) is 0 Å². The summed E-state index contributed by atoms with van der Waals surface area (Å²) in [5.41, 5.74) is 1.77. The van der Waals surface area contributed by atoms with Crippen molar-refractivity contribution in [3.05, 3.63) is 57.0 Å². The molecule has 2 heterocycles. The van der Waals surface area contributed by atoms with Gasteiger partial charge in [-0.3, -0.25) is 4.79 Å². The van der Waals surface area contributed by atoms with Crippen molar-refractivity contribution in [1.29, 1.82) is 0 Å². The molecule has 0 saturated heterocycles. The molecule has 1 N–H and O–H groups in total. The summed E-state index contributed by atoms with van der Waals surface area (Å²) in [7, 11) is 0. The third-order valence-corrected chi connectivity index (χ3v) is 5.26. The summed E-state index contributed by atoms with van der Waals surface area (Å²) >= 11 is 1.63. The standard InChI is InChI=1S/C17H15N3O2S/c21-12-5-3-4-11(8-12)9-19-20-10-18-16-15(17(20)22)13-6-1-2-7-14(13)23-16/h3-5,8-10,21H,1-2,6-7H2/b19-9-. The van der Waals surface area contributed by atoms with Crippen LogP contribution in [-0.2, 0) is 12.8 Å². The number of hydrogen-bond donors (Lipinski definition) is 1. The van der Waals surface area contributed by atoms with Gasteiger partial charge in [0.2, 0.25) is 0 Å². The molecule has 0 radical (unpaired) electrons. The SMILES string of the molecule is O=c1c2c3c(sc2ncn1/N=C\c1cccc(O)c1)CCCC3. The van der Waals surface area contributed by atoms with Crippen LogP contribution in [0.15, 0.2) is 40.5 Å². The summed E-state index contributed by atoms with van der Waals surface area (Å²) in [6.07, 6.45) is 7.32. The number of thiophene rings is 1. The Kier molecular flexibility index (Phi) is 3.46. The molecule has 1 aliphatic carbocycles. The lowest BCUT2D eigenvalue weighted by atomic mass is 9.97. The Balaban J connectivity index is 1.79. The van der Waals surface area contributed by atoms with Gasteiger partial charge in [0.1, 0.15) is 16.9 Å². The van der Waals surface area contributed by atoms with E-state index in [0.717, 1.165) is 40.6 Å². The summed E-state index contributed by atoms with van der Waals surface area (Å²) in [4.78, 5) is 19.2. The Morgan fingerprint density at radius 3 is 3.04 bits per heavy atom. The van der Waals surface area contributed by atoms with Crippen LogP contribution in [-0.4, -0.2) is 21.0 Å². The number of phenols is 1. The van der Waals surface area contributed by atoms with E-state index in [1.165, 1.54) is 22.3 Å². The molecule has 0 unspecified atom stereocenters. The monoisotopic (exact) mass is 325 g/mol. The molecule has 0 spiro atoms. The molecular formula is C17H15N3O2S. The smallest absolute Gasteiger partial charge is 0.282 e. The minimum atomic E-state index is -0.120. The van der Waals surface area contributed by atoms with Gasteiger partial charge in [0.15, 0.2) is 0 Å². The van der Waals surface area contributed by atoms with Crippen molar-refractivity contribution < 1.29 is 5.11 Å². The number of aromatic hydroxyl groups is 1. The van der Waals surface area contributed by atoms with Crippen LogP contribution >= 0.6 is 11.3 Å². The molecule has 0 bridgehead atoms. The molecule has 0 aliphatic heterocycles. The van der Waals surface area contributed by atoms with Crippen molar-refractivity contribution in [3.63, 3.8) is 0 Å². The molecule has 6 heteroatoms. The maximum Gasteiger partial charge on any atom is 0.282 e. The van der Waals surface area contributed by atoms with Gasteiger partial charge in [-0.05, 0) is 48.9 Å². The summed E-state index contributed by atoms with van der Waals surface area (Å²) in [6.45, 7) is 0. The molecule has 1 aliphatic rings. The number of aromatic nitrogens is 2. The van der Waals surface area contributed by atoms with Crippen molar-refractivity contribution in [3.8, 4) is 5.75 Å². The van der Waals surface area contributed by atoms with Gasteiger partial charge in [-0.15, -0.1) is 11.3 Å². The van der Waals surface area contributed by atoms with E-state index >= 15 is 0 Å². The van der Waals surface area contributed by atoms with Gasteiger partial charge < -0.3 is 5.11 Å². The van der Waals surface area contributed by atoms with E-state index in [4.69, 9.17) is 0 Å². The minimum Gasteiger partial charge on any atom is -0.508 e. The first kappa shape index (κ1) is 14.1. The zero-order valence-electron chi connectivity index (χ0n) is 12.4. The van der Waals surface area contributed by atoms with E-state index < -0.39 is 0 Å². The van der Waals surface area contributed by atoms with E-state index in [9.17, 15) is 9.90 Å². The summed E-state index contributed by atoms with van der Waals surface area (Å²) < 4.78 is 1.27. The molecule has 3 aromatic rings. The number of phenolic OH excluding ortho intramolecular Hbond substituents is 1. The van der Waals surface area contributed by atoms with E-state index in [2.05, 4.69) is 10.1 Å². The number of nitrogens with zero attached hydrogens (tertiary/aromatic N) is 3. The van der Waals surface area contributed by atoms with Crippen LogP contribution in [0.4, 0.5) is 0 Å². The highest BCUT2D eigenvalue weighted by Gasteiger charge is 2.19. The van der Waals surface area contributed by atoms with E-state index in [1.54, 1.807) is 35.8 Å². The lowest BCUT2D eigenvalue weighted by molar-refractivity contribution is 0.475. The first-order chi connectivity index (χ1) is 11.2. The Labute approximate surface area is 136 Å². The van der Waals surface area contributed by atoms with Crippen molar-refractivity contribution >= 4 is 27.8 Å². The van der Waals surface area contributed by atoms with Crippen molar-refractivity contribution in [2.45, 2.75) is 25.7 Å². The molecule has 5 nitrogen and oxygen atoms in total. The van der Waals surface area contributed by atoms with Crippen LogP contribution in [0.1, 0.15) is 28.8 Å². The van der Waals surface area contributed by atoms with Gasteiger partial charge in [0.25, 0.3) is 5.56 Å².